The summed E-state index contributed by atoms with van der Waals surface area (Å²) >= 11 is 1.24. The summed E-state index contributed by atoms with van der Waals surface area (Å²) in [5, 5.41) is 2.67. The lowest BCUT2D eigenvalue weighted by atomic mass is 10.1. The Labute approximate surface area is 120 Å². The summed E-state index contributed by atoms with van der Waals surface area (Å²) in [6.07, 6.45) is 0.375. The van der Waals surface area contributed by atoms with E-state index in [4.69, 9.17) is 5.73 Å². The SMILES string of the molecule is Cc1ncsc1C(=O)N[C@@H](Cc1ccccc1)C(N)=O. The molecule has 104 valence electrons. The van der Waals surface area contributed by atoms with E-state index in [0.717, 1.165) is 5.56 Å². The van der Waals surface area contributed by atoms with E-state index in [-0.39, 0.29) is 5.91 Å². The number of nitrogens with two attached hydrogens (primary N) is 1. The van der Waals surface area contributed by atoms with Gasteiger partial charge in [0.2, 0.25) is 5.91 Å². The number of primary amides is 1. The first kappa shape index (κ1) is 14.2. The second kappa shape index (κ2) is 6.29. The highest BCUT2D eigenvalue weighted by atomic mass is 32.1. The maximum atomic E-state index is 12.1. The molecular formula is C14H15N3O2S. The van der Waals surface area contributed by atoms with Gasteiger partial charge in [-0.15, -0.1) is 11.3 Å². The number of hydrogen-bond acceptors (Lipinski definition) is 4. The van der Waals surface area contributed by atoms with Gasteiger partial charge in [-0.1, -0.05) is 30.3 Å². The van der Waals surface area contributed by atoms with E-state index in [2.05, 4.69) is 10.3 Å². The zero-order valence-electron chi connectivity index (χ0n) is 11.0. The largest absolute Gasteiger partial charge is 0.368 e. The van der Waals surface area contributed by atoms with E-state index in [0.29, 0.717) is 17.0 Å². The van der Waals surface area contributed by atoms with Gasteiger partial charge < -0.3 is 11.1 Å². The number of amides is 2. The zero-order chi connectivity index (χ0) is 14.5. The molecule has 5 nitrogen and oxygen atoms in total. The third-order valence-electron chi connectivity index (χ3n) is 2.88. The highest BCUT2D eigenvalue weighted by Gasteiger charge is 2.21. The average molecular weight is 289 g/mol. The number of benzene rings is 1. The molecule has 1 heterocycles. The van der Waals surface area contributed by atoms with Crippen molar-refractivity contribution in [2.75, 3.05) is 0 Å². The number of carbonyl (C=O) groups excluding carboxylic acids is 2. The summed E-state index contributed by atoms with van der Waals surface area (Å²) in [5.41, 5.74) is 8.55. The Morgan fingerprint density at radius 2 is 2.05 bits per heavy atom. The minimum absolute atomic E-state index is 0.315. The van der Waals surface area contributed by atoms with Gasteiger partial charge in [-0.3, -0.25) is 9.59 Å². The van der Waals surface area contributed by atoms with Crippen LogP contribution in [0.4, 0.5) is 0 Å². The smallest absolute Gasteiger partial charge is 0.263 e. The van der Waals surface area contributed by atoms with Crippen LogP contribution in [0.1, 0.15) is 20.9 Å². The summed E-state index contributed by atoms with van der Waals surface area (Å²) in [6, 6.07) is 8.69. The first-order chi connectivity index (χ1) is 9.58. The van der Waals surface area contributed by atoms with Crippen LogP contribution in [0.5, 0.6) is 0 Å². The topological polar surface area (TPSA) is 85.1 Å². The van der Waals surface area contributed by atoms with Crippen LogP contribution in [0, 0.1) is 6.92 Å². The molecule has 1 atom stereocenters. The Kier molecular flexibility index (Phi) is 4.47. The number of aromatic nitrogens is 1. The van der Waals surface area contributed by atoms with Gasteiger partial charge in [0.1, 0.15) is 10.9 Å². The van der Waals surface area contributed by atoms with Crippen molar-refractivity contribution in [3.63, 3.8) is 0 Å². The van der Waals surface area contributed by atoms with Gasteiger partial charge in [-0.05, 0) is 12.5 Å². The normalized spacial score (nSPS) is 11.8. The van der Waals surface area contributed by atoms with E-state index in [1.165, 1.54) is 11.3 Å². The van der Waals surface area contributed by atoms with Crippen molar-refractivity contribution in [2.45, 2.75) is 19.4 Å². The van der Waals surface area contributed by atoms with Crippen molar-refractivity contribution in [2.24, 2.45) is 5.73 Å². The number of thiazole rings is 1. The van der Waals surface area contributed by atoms with Crippen LogP contribution in [0.25, 0.3) is 0 Å². The van der Waals surface area contributed by atoms with Crippen LogP contribution >= 0.6 is 11.3 Å². The van der Waals surface area contributed by atoms with E-state index >= 15 is 0 Å². The zero-order valence-corrected chi connectivity index (χ0v) is 11.8. The number of nitrogens with zero attached hydrogens (tertiary/aromatic N) is 1. The predicted molar refractivity (Wildman–Crippen MR) is 77.4 cm³/mol. The molecule has 0 aliphatic rings. The molecule has 0 unspecified atom stereocenters. The Bertz CT molecular complexity index is 610. The highest BCUT2D eigenvalue weighted by Crippen LogP contribution is 2.12. The molecule has 2 amide bonds. The number of rotatable bonds is 5. The minimum Gasteiger partial charge on any atom is -0.368 e. The molecule has 0 saturated carbocycles. The Hall–Kier alpha value is -2.21. The van der Waals surface area contributed by atoms with Gasteiger partial charge in [0.15, 0.2) is 0 Å². The summed E-state index contributed by atoms with van der Waals surface area (Å²) < 4.78 is 0. The first-order valence-electron chi connectivity index (χ1n) is 6.12. The predicted octanol–water partition coefficient (Wildman–Crippen LogP) is 1.28. The average Bonchev–Trinajstić information content (AvgIpc) is 2.85. The number of aryl methyl sites for hydroxylation is 1. The lowest BCUT2D eigenvalue weighted by Gasteiger charge is -2.15. The monoisotopic (exact) mass is 289 g/mol. The van der Waals surface area contributed by atoms with Crippen molar-refractivity contribution in [1.29, 1.82) is 0 Å². The van der Waals surface area contributed by atoms with Gasteiger partial charge in [0, 0.05) is 6.42 Å². The van der Waals surface area contributed by atoms with Gasteiger partial charge in [0.25, 0.3) is 5.91 Å². The van der Waals surface area contributed by atoms with Gasteiger partial charge in [0.05, 0.1) is 11.2 Å². The molecule has 0 bridgehead atoms. The molecule has 1 aromatic carbocycles. The molecular weight excluding hydrogens is 274 g/mol. The Morgan fingerprint density at radius 1 is 1.35 bits per heavy atom. The molecule has 20 heavy (non-hydrogen) atoms. The highest BCUT2D eigenvalue weighted by molar-refractivity contribution is 7.11. The van der Waals surface area contributed by atoms with Crippen molar-refractivity contribution in [3.05, 3.63) is 52.0 Å². The molecule has 1 aromatic heterocycles. The van der Waals surface area contributed by atoms with E-state index in [1.807, 2.05) is 30.3 Å². The second-order valence-corrected chi connectivity index (χ2v) is 5.24. The summed E-state index contributed by atoms with van der Waals surface area (Å²) in [6.45, 7) is 1.75. The Balaban J connectivity index is 2.09. The molecule has 0 saturated heterocycles. The summed E-state index contributed by atoms with van der Waals surface area (Å²) in [4.78, 5) is 28.1. The number of nitrogens with one attached hydrogen (secondary N) is 1. The Morgan fingerprint density at radius 3 is 2.60 bits per heavy atom. The van der Waals surface area contributed by atoms with E-state index in [9.17, 15) is 9.59 Å². The lowest BCUT2D eigenvalue weighted by molar-refractivity contribution is -0.119. The van der Waals surface area contributed by atoms with Crippen molar-refractivity contribution in [1.82, 2.24) is 10.3 Å². The molecule has 6 heteroatoms. The fourth-order valence-corrected chi connectivity index (χ4v) is 2.52. The molecule has 0 aliphatic heterocycles. The fourth-order valence-electron chi connectivity index (χ4n) is 1.82. The second-order valence-electron chi connectivity index (χ2n) is 4.39. The van der Waals surface area contributed by atoms with Crippen LogP contribution in [-0.2, 0) is 11.2 Å². The molecule has 0 fully saturated rings. The first-order valence-corrected chi connectivity index (χ1v) is 7.00. The van der Waals surface area contributed by atoms with Crippen LogP contribution in [0.2, 0.25) is 0 Å². The molecule has 0 radical (unpaired) electrons. The van der Waals surface area contributed by atoms with Crippen LogP contribution in [0.15, 0.2) is 35.8 Å². The quantitative estimate of drug-likeness (QED) is 0.869. The number of hydrogen-bond donors (Lipinski definition) is 2. The maximum absolute atomic E-state index is 12.1. The van der Waals surface area contributed by atoms with Gasteiger partial charge in [-0.2, -0.15) is 0 Å². The molecule has 0 aliphatic carbocycles. The molecule has 2 aromatic rings. The maximum Gasteiger partial charge on any atom is 0.263 e. The van der Waals surface area contributed by atoms with Crippen LogP contribution < -0.4 is 11.1 Å². The minimum atomic E-state index is -0.730. The number of carbonyl (C=O) groups is 2. The van der Waals surface area contributed by atoms with Gasteiger partial charge in [-0.25, -0.2) is 4.98 Å². The van der Waals surface area contributed by atoms with Crippen LogP contribution in [0.3, 0.4) is 0 Å². The lowest BCUT2D eigenvalue weighted by Crippen LogP contribution is -2.45. The standard InChI is InChI=1S/C14H15N3O2S/c1-9-12(20-8-16-9)14(19)17-11(13(15)18)7-10-5-3-2-4-6-10/h2-6,8,11H,7H2,1H3,(H2,15,18)(H,17,19)/t11-/m0/s1. The third kappa shape index (κ3) is 3.42. The summed E-state index contributed by atoms with van der Waals surface area (Å²) in [7, 11) is 0. The summed E-state index contributed by atoms with van der Waals surface area (Å²) in [5.74, 6) is -0.867. The van der Waals surface area contributed by atoms with Crippen molar-refractivity contribution in [3.8, 4) is 0 Å². The van der Waals surface area contributed by atoms with E-state index < -0.39 is 11.9 Å². The van der Waals surface area contributed by atoms with Crippen molar-refractivity contribution >= 4 is 23.2 Å². The molecule has 3 N–H and O–H groups in total. The fraction of sp³-hybridized carbons (Fsp3) is 0.214. The molecule has 2 rings (SSSR count). The van der Waals surface area contributed by atoms with E-state index in [1.54, 1.807) is 12.4 Å². The third-order valence-corrected chi connectivity index (χ3v) is 3.81. The van der Waals surface area contributed by atoms with Gasteiger partial charge >= 0.3 is 0 Å². The van der Waals surface area contributed by atoms with Crippen LogP contribution in [-0.4, -0.2) is 22.8 Å². The molecule has 0 spiro atoms. The van der Waals surface area contributed by atoms with Crippen molar-refractivity contribution < 1.29 is 9.59 Å².